The first-order valence-corrected chi connectivity index (χ1v) is 11.6. The summed E-state index contributed by atoms with van der Waals surface area (Å²) in [4.78, 5) is 17.0. The van der Waals surface area contributed by atoms with Crippen molar-refractivity contribution in [1.29, 1.82) is 0 Å². The molecule has 2 aliphatic heterocycles. The number of hydrogen-bond acceptors (Lipinski definition) is 6. The zero-order valence-corrected chi connectivity index (χ0v) is 18.7. The lowest BCUT2D eigenvalue weighted by Gasteiger charge is -2.35. The third kappa shape index (κ3) is 6.95. The Kier molecular flexibility index (Phi) is 8.36. The number of benzene rings is 2. The minimum Gasteiger partial charge on any atom is -0.484 e. The summed E-state index contributed by atoms with van der Waals surface area (Å²) in [5, 5.41) is 6.62. The number of rotatable bonds is 9. The van der Waals surface area contributed by atoms with Gasteiger partial charge in [-0.05, 0) is 49.2 Å². The number of piperidine rings is 1. The molecule has 4 rings (SSSR count). The van der Waals surface area contributed by atoms with Crippen molar-refractivity contribution in [3.8, 4) is 5.75 Å². The highest BCUT2D eigenvalue weighted by molar-refractivity contribution is 5.92. The van der Waals surface area contributed by atoms with Crippen molar-refractivity contribution in [2.45, 2.75) is 18.9 Å². The number of morpholine rings is 1. The van der Waals surface area contributed by atoms with Crippen molar-refractivity contribution in [3.05, 3.63) is 54.6 Å². The van der Waals surface area contributed by atoms with E-state index in [0.717, 1.165) is 71.0 Å². The number of carbonyl (C=O) groups excluding carboxylic acids is 1. The Labute approximate surface area is 190 Å². The molecule has 0 saturated carbocycles. The van der Waals surface area contributed by atoms with Crippen molar-refractivity contribution < 1.29 is 14.3 Å². The van der Waals surface area contributed by atoms with Crippen LogP contribution in [0.4, 0.5) is 11.4 Å². The van der Waals surface area contributed by atoms with Gasteiger partial charge >= 0.3 is 0 Å². The molecule has 0 unspecified atom stereocenters. The number of anilines is 2. The highest BCUT2D eigenvalue weighted by atomic mass is 16.5. The van der Waals surface area contributed by atoms with Gasteiger partial charge in [0.15, 0.2) is 6.61 Å². The third-order valence-corrected chi connectivity index (χ3v) is 6.09. The molecular weight excluding hydrogens is 404 g/mol. The first kappa shape index (κ1) is 22.6. The maximum atomic E-state index is 12.1. The lowest BCUT2D eigenvalue weighted by Crippen LogP contribution is -2.46. The van der Waals surface area contributed by atoms with E-state index in [1.54, 1.807) is 0 Å². The Morgan fingerprint density at radius 1 is 0.969 bits per heavy atom. The molecule has 0 radical (unpaired) electrons. The van der Waals surface area contributed by atoms with Crippen LogP contribution in [0.25, 0.3) is 0 Å². The molecule has 172 valence electrons. The van der Waals surface area contributed by atoms with Gasteiger partial charge in [-0.25, -0.2) is 0 Å². The van der Waals surface area contributed by atoms with Gasteiger partial charge in [-0.3, -0.25) is 9.69 Å². The predicted octanol–water partition coefficient (Wildman–Crippen LogP) is 2.59. The van der Waals surface area contributed by atoms with Crippen LogP contribution >= 0.6 is 0 Å². The van der Waals surface area contributed by atoms with Gasteiger partial charge in [0.05, 0.1) is 13.2 Å². The summed E-state index contributed by atoms with van der Waals surface area (Å²) < 4.78 is 10.9. The molecule has 0 bridgehead atoms. The van der Waals surface area contributed by atoms with Crippen LogP contribution in [0.15, 0.2) is 54.6 Å². The topological polar surface area (TPSA) is 66.1 Å². The monoisotopic (exact) mass is 438 g/mol. The largest absolute Gasteiger partial charge is 0.484 e. The Morgan fingerprint density at radius 2 is 1.69 bits per heavy atom. The van der Waals surface area contributed by atoms with E-state index < -0.39 is 0 Å². The predicted molar refractivity (Wildman–Crippen MR) is 128 cm³/mol. The van der Waals surface area contributed by atoms with E-state index in [1.807, 2.05) is 42.5 Å². The number of ether oxygens (including phenoxy) is 2. The summed E-state index contributed by atoms with van der Waals surface area (Å²) >= 11 is 0. The van der Waals surface area contributed by atoms with Gasteiger partial charge in [0.1, 0.15) is 5.75 Å². The zero-order chi connectivity index (χ0) is 22.0. The molecule has 2 aromatic carbocycles. The van der Waals surface area contributed by atoms with Crippen LogP contribution < -0.4 is 20.3 Å². The highest BCUT2D eigenvalue weighted by Crippen LogP contribution is 2.22. The molecule has 2 N–H and O–H groups in total. The fourth-order valence-corrected chi connectivity index (χ4v) is 4.21. The van der Waals surface area contributed by atoms with Crippen LogP contribution in [0, 0.1) is 0 Å². The summed E-state index contributed by atoms with van der Waals surface area (Å²) in [6.07, 6.45) is 2.30. The van der Waals surface area contributed by atoms with E-state index in [4.69, 9.17) is 9.47 Å². The van der Waals surface area contributed by atoms with E-state index in [2.05, 4.69) is 32.6 Å². The summed E-state index contributed by atoms with van der Waals surface area (Å²) in [6, 6.07) is 18.0. The zero-order valence-electron chi connectivity index (χ0n) is 18.7. The maximum absolute atomic E-state index is 12.1. The van der Waals surface area contributed by atoms with Crippen LogP contribution in [0.2, 0.25) is 0 Å². The lowest BCUT2D eigenvalue weighted by molar-refractivity contribution is -0.118. The molecule has 32 heavy (non-hydrogen) atoms. The van der Waals surface area contributed by atoms with Gasteiger partial charge < -0.3 is 25.0 Å². The Balaban J connectivity index is 1.15. The third-order valence-electron chi connectivity index (χ3n) is 6.09. The molecule has 2 heterocycles. The van der Waals surface area contributed by atoms with E-state index in [-0.39, 0.29) is 12.5 Å². The molecule has 0 atom stereocenters. The molecule has 2 aliphatic rings. The highest BCUT2D eigenvalue weighted by Gasteiger charge is 2.19. The van der Waals surface area contributed by atoms with Crippen LogP contribution in [0.5, 0.6) is 5.75 Å². The number of carbonyl (C=O) groups is 1. The first-order valence-electron chi connectivity index (χ1n) is 11.6. The lowest BCUT2D eigenvalue weighted by atomic mass is 10.0. The number of nitrogens with zero attached hydrogens (tertiary/aromatic N) is 2. The Bertz CT molecular complexity index is 817. The molecule has 0 aliphatic carbocycles. The number of para-hydroxylation sites is 1. The van der Waals surface area contributed by atoms with Crippen LogP contribution in [-0.4, -0.2) is 75.9 Å². The summed E-state index contributed by atoms with van der Waals surface area (Å²) in [5.74, 6) is 0.530. The number of nitrogens with one attached hydrogen (secondary N) is 2. The molecule has 2 aromatic rings. The van der Waals surface area contributed by atoms with Gasteiger partial charge in [0.25, 0.3) is 5.91 Å². The minimum atomic E-state index is -0.162. The number of amides is 1. The van der Waals surface area contributed by atoms with Crippen molar-refractivity contribution >= 4 is 17.3 Å². The summed E-state index contributed by atoms with van der Waals surface area (Å²) in [6.45, 7) is 8.08. The summed E-state index contributed by atoms with van der Waals surface area (Å²) in [7, 11) is 0. The fourth-order valence-electron chi connectivity index (χ4n) is 4.21. The Hall–Kier alpha value is -2.61. The fraction of sp³-hybridized carbons (Fsp3) is 0.480. The molecule has 2 saturated heterocycles. The van der Waals surface area contributed by atoms with Gasteiger partial charge in [-0.15, -0.1) is 0 Å². The maximum Gasteiger partial charge on any atom is 0.262 e. The van der Waals surface area contributed by atoms with Gasteiger partial charge in [0, 0.05) is 56.7 Å². The van der Waals surface area contributed by atoms with Gasteiger partial charge in [-0.2, -0.15) is 0 Å². The average Bonchev–Trinajstić information content (AvgIpc) is 2.85. The molecular formula is C25H34N4O3. The smallest absolute Gasteiger partial charge is 0.262 e. The van der Waals surface area contributed by atoms with Crippen molar-refractivity contribution in [2.24, 2.45) is 0 Å². The molecule has 0 aromatic heterocycles. The quantitative estimate of drug-likeness (QED) is 0.628. The van der Waals surface area contributed by atoms with Crippen LogP contribution in [0.3, 0.4) is 0 Å². The van der Waals surface area contributed by atoms with E-state index in [9.17, 15) is 4.79 Å². The van der Waals surface area contributed by atoms with E-state index in [0.29, 0.717) is 11.8 Å². The first-order chi connectivity index (χ1) is 15.8. The van der Waals surface area contributed by atoms with Crippen molar-refractivity contribution in [3.63, 3.8) is 0 Å². The van der Waals surface area contributed by atoms with Crippen molar-refractivity contribution in [1.82, 2.24) is 10.2 Å². The molecule has 7 nitrogen and oxygen atoms in total. The second-order valence-corrected chi connectivity index (χ2v) is 8.37. The Morgan fingerprint density at radius 3 is 2.41 bits per heavy atom. The molecule has 1 amide bonds. The van der Waals surface area contributed by atoms with Crippen molar-refractivity contribution in [2.75, 3.05) is 69.3 Å². The van der Waals surface area contributed by atoms with Crippen LogP contribution in [0.1, 0.15) is 12.8 Å². The standard InChI is InChI=1S/C25H34N4O3/c30-25(20-32-24-4-2-1-3-5-24)27-22-6-8-23(9-7-22)29-13-10-21(11-14-29)26-12-15-28-16-18-31-19-17-28/h1-9,21,26H,10-20H2,(H,27,30). The van der Waals surface area contributed by atoms with E-state index >= 15 is 0 Å². The van der Waals surface area contributed by atoms with Gasteiger partial charge in [0.2, 0.25) is 0 Å². The normalized spacial score (nSPS) is 17.8. The second-order valence-electron chi connectivity index (χ2n) is 8.37. The minimum absolute atomic E-state index is 0.00217. The van der Waals surface area contributed by atoms with Crippen LogP contribution in [-0.2, 0) is 9.53 Å². The van der Waals surface area contributed by atoms with Gasteiger partial charge in [-0.1, -0.05) is 18.2 Å². The molecule has 7 heteroatoms. The average molecular weight is 439 g/mol. The summed E-state index contributed by atoms with van der Waals surface area (Å²) in [5.41, 5.74) is 1.99. The molecule has 0 spiro atoms. The molecule has 2 fully saturated rings. The second kappa shape index (κ2) is 11.9. The van der Waals surface area contributed by atoms with E-state index in [1.165, 1.54) is 5.69 Å². The SMILES string of the molecule is O=C(COc1ccccc1)Nc1ccc(N2CCC(NCCN3CCOCC3)CC2)cc1. The number of hydrogen-bond donors (Lipinski definition) is 2.